The lowest BCUT2D eigenvalue weighted by molar-refractivity contribution is -0.167. The third-order valence-electron chi connectivity index (χ3n) is 15.8. The van der Waals surface area contributed by atoms with Gasteiger partial charge in [-0.25, -0.2) is 0 Å². The minimum atomic E-state index is -0.765. The van der Waals surface area contributed by atoms with Gasteiger partial charge in [0.2, 0.25) is 0 Å². The number of esters is 3. The van der Waals surface area contributed by atoms with Gasteiger partial charge in [-0.05, 0) is 37.0 Å². The van der Waals surface area contributed by atoms with E-state index in [2.05, 4.69) is 41.5 Å². The Balaban J connectivity index is 4.29. The van der Waals surface area contributed by atoms with E-state index in [9.17, 15) is 14.4 Å². The van der Waals surface area contributed by atoms with E-state index < -0.39 is 6.10 Å². The van der Waals surface area contributed by atoms with Crippen LogP contribution in [0.3, 0.4) is 0 Å². The van der Waals surface area contributed by atoms with E-state index in [1.54, 1.807) is 0 Å². The molecule has 0 spiro atoms. The molecule has 0 amide bonds. The van der Waals surface area contributed by atoms with Gasteiger partial charge in [-0.2, -0.15) is 0 Å². The SMILES string of the molecule is CCC(C)CCCCCCCCCCCCCCCCC(=O)O[C@H](COC(=O)CCCCCCCCCCCCCCCCCCC(C)C)COC(=O)CCCCCCCCCCCCCCCCCC(C)C. The third kappa shape index (κ3) is 59.5. The van der Waals surface area contributed by atoms with Crippen molar-refractivity contribution in [2.45, 2.75) is 382 Å². The first-order valence-corrected chi connectivity index (χ1v) is 33.1. The van der Waals surface area contributed by atoms with Gasteiger partial charge in [0.15, 0.2) is 6.10 Å². The van der Waals surface area contributed by atoms with Gasteiger partial charge in [-0.15, -0.1) is 0 Å². The predicted molar refractivity (Wildman–Crippen MR) is 316 cm³/mol. The molecule has 0 aromatic heterocycles. The molecule has 0 rings (SSSR count). The van der Waals surface area contributed by atoms with Crippen LogP contribution in [-0.2, 0) is 28.6 Å². The minimum absolute atomic E-state index is 0.0623. The summed E-state index contributed by atoms with van der Waals surface area (Å²) in [5, 5.41) is 0. The molecule has 6 nitrogen and oxygen atoms in total. The maximum atomic E-state index is 12.9. The molecule has 6 heteroatoms. The first kappa shape index (κ1) is 71.4. The summed E-state index contributed by atoms with van der Waals surface area (Å²) in [5.41, 5.74) is 0. The van der Waals surface area contributed by atoms with E-state index in [4.69, 9.17) is 14.2 Å². The molecule has 1 unspecified atom stereocenters. The third-order valence-corrected chi connectivity index (χ3v) is 15.8. The first-order chi connectivity index (χ1) is 35.6. The minimum Gasteiger partial charge on any atom is -0.462 e. The van der Waals surface area contributed by atoms with Crippen LogP contribution in [0.15, 0.2) is 0 Å². The molecule has 0 aromatic rings. The zero-order chi connectivity index (χ0) is 53.3. The van der Waals surface area contributed by atoms with Gasteiger partial charge in [-0.3, -0.25) is 14.4 Å². The van der Waals surface area contributed by atoms with Gasteiger partial charge in [0.25, 0.3) is 0 Å². The van der Waals surface area contributed by atoms with E-state index in [1.165, 1.54) is 257 Å². The Morgan fingerprint density at radius 2 is 0.479 bits per heavy atom. The molecule has 434 valence electrons. The summed E-state index contributed by atoms with van der Waals surface area (Å²) in [6.07, 6.45) is 63.8. The predicted octanol–water partition coefficient (Wildman–Crippen LogP) is 22.2. The quantitative estimate of drug-likeness (QED) is 0.0343. The number of unbranched alkanes of at least 4 members (excludes halogenated alkanes) is 42. The van der Waals surface area contributed by atoms with Crippen molar-refractivity contribution in [3.63, 3.8) is 0 Å². The summed E-state index contributed by atoms with van der Waals surface area (Å²) in [6, 6.07) is 0. The number of hydrogen-bond donors (Lipinski definition) is 0. The lowest BCUT2D eigenvalue weighted by atomic mass is 9.99. The zero-order valence-corrected chi connectivity index (χ0v) is 50.4. The molecule has 0 aromatic carbocycles. The average molecular weight is 1030 g/mol. The summed E-state index contributed by atoms with van der Waals surface area (Å²) in [5.74, 6) is 1.76. The Kier molecular flexibility index (Phi) is 56.8. The monoisotopic (exact) mass is 1030 g/mol. The van der Waals surface area contributed by atoms with Crippen molar-refractivity contribution in [3.8, 4) is 0 Å². The number of rotatable bonds is 60. The Labute approximate surface area is 457 Å². The fraction of sp³-hybridized carbons (Fsp3) is 0.955. The highest BCUT2D eigenvalue weighted by Crippen LogP contribution is 2.20. The number of hydrogen-bond acceptors (Lipinski definition) is 6. The van der Waals surface area contributed by atoms with Crippen molar-refractivity contribution in [1.29, 1.82) is 0 Å². The molecule has 0 N–H and O–H groups in total. The van der Waals surface area contributed by atoms with Crippen LogP contribution in [0.1, 0.15) is 375 Å². The number of carbonyl (C=O) groups excluding carboxylic acids is 3. The molecule has 0 radical (unpaired) electrons. The van der Waals surface area contributed by atoms with Crippen molar-refractivity contribution < 1.29 is 28.6 Å². The first-order valence-electron chi connectivity index (χ1n) is 33.1. The number of carbonyl (C=O) groups is 3. The van der Waals surface area contributed by atoms with Crippen molar-refractivity contribution in [2.75, 3.05) is 13.2 Å². The summed E-state index contributed by atoms with van der Waals surface area (Å²) >= 11 is 0. The average Bonchev–Trinajstić information content (AvgIpc) is 3.37. The van der Waals surface area contributed by atoms with Crippen LogP contribution >= 0.6 is 0 Å². The molecule has 0 aliphatic heterocycles. The van der Waals surface area contributed by atoms with Gasteiger partial charge >= 0.3 is 17.9 Å². The second-order valence-corrected chi connectivity index (χ2v) is 24.3. The highest BCUT2D eigenvalue weighted by Gasteiger charge is 2.20. The Hall–Kier alpha value is -1.59. The van der Waals surface area contributed by atoms with Gasteiger partial charge in [-0.1, -0.05) is 337 Å². The lowest BCUT2D eigenvalue weighted by Gasteiger charge is -2.18. The van der Waals surface area contributed by atoms with Gasteiger partial charge in [0.05, 0.1) is 0 Å². The highest BCUT2D eigenvalue weighted by atomic mass is 16.6. The van der Waals surface area contributed by atoms with Crippen LogP contribution < -0.4 is 0 Å². The molecule has 0 aliphatic carbocycles. The molecule has 73 heavy (non-hydrogen) atoms. The van der Waals surface area contributed by atoms with Crippen LogP contribution in [0.5, 0.6) is 0 Å². The van der Waals surface area contributed by atoms with Crippen LogP contribution in [0.4, 0.5) is 0 Å². The van der Waals surface area contributed by atoms with E-state index in [1.807, 2.05) is 0 Å². The molecule has 0 fully saturated rings. The summed E-state index contributed by atoms with van der Waals surface area (Å²) in [7, 11) is 0. The molecule has 0 saturated heterocycles. The van der Waals surface area contributed by atoms with Crippen molar-refractivity contribution >= 4 is 17.9 Å². The maximum Gasteiger partial charge on any atom is 0.306 e. The van der Waals surface area contributed by atoms with Crippen LogP contribution in [0.2, 0.25) is 0 Å². The van der Waals surface area contributed by atoms with Gasteiger partial charge in [0.1, 0.15) is 13.2 Å². The Morgan fingerprint density at radius 1 is 0.274 bits per heavy atom. The second-order valence-electron chi connectivity index (χ2n) is 24.3. The molecular formula is C67H130O6. The van der Waals surface area contributed by atoms with Gasteiger partial charge in [0, 0.05) is 19.3 Å². The van der Waals surface area contributed by atoms with E-state index in [0.717, 1.165) is 75.5 Å². The van der Waals surface area contributed by atoms with Crippen molar-refractivity contribution in [1.82, 2.24) is 0 Å². The Morgan fingerprint density at radius 3 is 0.712 bits per heavy atom. The second kappa shape index (κ2) is 58.1. The highest BCUT2D eigenvalue weighted by molar-refractivity contribution is 5.71. The lowest BCUT2D eigenvalue weighted by Crippen LogP contribution is -2.30. The summed E-state index contributed by atoms with van der Waals surface area (Å²) in [4.78, 5) is 38.4. The number of ether oxygens (including phenoxy) is 3. The smallest absolute Gasteiger partial charge is 0.306 e. The fourth-order valence-electron chi connectivity index (χ4n) is 10.4. The van der Waals surface area contributed by atoms with Gasteiger partial charge < -0.3 is 14.2 Å². The summed E-state index contributed by atoms with van der Waals surface area (Å²) in [6.45, 7) is 13.9. The van der Waals surface area contributed by atoms with Crippen molar-refractivity contribution in [3.05, 3.63) is 0 Å². The standard InChI is InChI=1S/C67H130O6/c1-7-63(6)55-49-43-37-31-25-19-15-16-22-28-34-40-46-52-58-67(70)73-64(60-72-66(69)57-51-45-39-33-27-21-14-10-12-18-24-30-36-42-48-54-62(4)5)59-71-65(68)56-50-44-38-32-26-20-13-9-8-11-17-23-29-35-41-47-53-61(2)3/h61-64H,7-60H2,1-6H3/t63?,64-/m1/s1. The van der Waals surface area contributed by atoms with E-state index in [-0.39, 0.29) is 31.1 Å². The molecule has 0 aliphatic rings. The normalized spacial score (nSPS) is 12.5. The molecular weight excluding hydrogens is 901 g/mol. The molecule has 0 bridgehead atoms. The molecule has 0 saturated carbocycles. The van der Waals surface area contributed by atoms with Crippen LogP contribution in [0.25, 0.3) is 0 Å². The van der Waals surface area contributed by atoms with E-state index in [0.29, 0.717) is 19.3 Å². The zero-order valence-electron chi connectivity index (χ0n) is 50.4. The van der Waals surface area contributed by atoms with Crippen molar-refractivity contribution in [2.24, 2.45) is 17.8 Å². The van der Waals surface area contributed by atoms with Crippen LogP contribution in [0, 0.1) is 17.8 Å². The molecule has 2 atom stereocenters. The largest absolute Gasteiger partial charge is 0.462 e. The van der Waals surface area contributed by atoms with Crippen LogP contribution in [-0.4, -0.2) is 37.2 Å². The topological polar surface area (TPSA) is 78.9 Å². The molecule has 0 heterocycles. The maximum absolute atomic E-state index is 12.9. The fourth-order valence-corrected chi connectivity index (χ4v) is 10.4. The summed E-state index contributed by atoms with van der Waals surface area (Å²) < 4.78 is 17.0. The Bertz CT molecular complexity index is 1130. The van der Waals surface area contributed by atoms with E-state index >= 15 is 0 Å².